The van der Waals surface area contributed by atoms with Gasteiger partial charge in [-0.25, -0.2) is 9.18 Å². The summed E-state index contributed by atoms with van der Waals surface area (Å²) in [7, 11) is 0. The summed E-state index contributed by atoms with van der Waals surface area (Å²) in [6.07, 6.45) is -3.68. The van der Waals surface area contributed by atoms with Crippen LogP contribution in [0.5, 0.6) is 0 Å². The highest BCUT2D eigenvalue weighted by molar-refractivity contribution is 5.06. The molecule has 1 aromatic rings. The van der Waals surface area contributed by atoms with Gasteiger partial charge in [-0.1, -0.05) is 0 Å². The largest absolute Gasteiger partial charge is 0.394 e. The van der Waals surface area contributed by atoms with Gasteiger partial charge in [0.05, 0.1) is 13.2 Å². The SMILES string of the molecule is Cc1cn([C@@H]2O[C@H](CO)[C@@](F)(CO)[C@H]2O)c(=O)[nH]c1=O. The molecule has 0 bridgehead atoms. The molecule has 2 heterocycles. The maximum atomic E-state index is 14.4. The fourth-order valence-electron chi connectivity index (χ4n) is 2.17. The van der Waals surface area contributed by atoms with E-state index < -0.39 is 48.6 Å². The minimum Gasteiger partial charge on any atom is -0.394 e. The molecule has 0 amide bonds. The fourth-order valence-corrected chi connectivity index (χ4v) is 2.17. The number of aromatic nitrogens is 2. The molecule has 0 radical (unpaired) electrons. The van der Waals surface area contributed by atoms with Crippen LogP contribution in [0.25, 0.3) is 0 Å². The highest BCUT2D eigenvalue weighted by atomic mass is 19.1. The number of aliphatic hydroxyl groups excluding tert-OH is 3. The van der Waals surface area contributed by atoms with Crippen LogP contribution in [0.3, 0.4) is 0 Å². The van der Waals surface area contributed by atoms with Gasteiger partial charge in [-0.3, -0.25) is 14.3 Å². The molecule has 4 atom stereocenters. The van der Waals surface area contributed by atoms with E-state index in [1.165, 1.54) is 6.92 Å². The molecule has 1 aliphatic heterocycles. The van der Waals surface area contributed by atoms with E-state index >= 15 is 0 Å². The summed E-state index contributed by atoms with van der Waals surface area (Å²) in [4.78, 5) is 25.0. The number of halogens is 1. The van der Waals surface area contributed by atoms with Crippen molar-refractivity contribution in [2.75, 3.05) is 13.2 Å². The molecule has 0 aromatic carbocycles. The number of alkyl halides is 1. The van der Waals surface area contributed by atoms with Crippen molar-refractivity contribution in [3.05, 3.63) is 32.6 Å². The van der Waals surface area contributed by atoms with E-state index in [4.69, 9.17) is 14.9 Å². The maximum Gasteiger partial charge on any atom is 0.330 e. The van der Waals surface area contributed by atoms with Gasteiger partial charge in [0.1, 0.15) is 12.2 Å². The molecule has 4 N–H and O–H groups in total. The summed E-state index contributed by atoms with van der Waals surface area (Å²) in [6.45, 7) is -0.428. The molecule has 1 fully saturated rings. The molecule has 0 spiro atoms. The van der Waals surface area contributed by atoms with Crippen molar-refractivity contribution in [1.82, 2.24) is 9.55 Å². The summed E-state index contributed by atoms with van der Waals surface area (Å²) in [5.74, 6) is 0. The van der Waals surface area contributed by atoms with Gasteiger partial charge in [0.15, 0.2) is 11.9 Å². The van der Waals surface area contributed by atoms with E-state index in [1.807, 2.05) is 4.98 Å². The number of hydrogen-bond donors (Lipinski definition) is 4. The van der Waals surface area contributed by atoms with Gasteiger partial charge in [-0.05, 0) is 6.92 Å². The average Bonchev–Trinajstić information content (AvgIpc) is 2.67. The third kappa shape index (κ3) is 2.08. The third-order valence-corrected chi connectivity index (χ3v) is 3.43. The van der Waals surface area contributed by atoms with Gasteiger partial charge in [-0.2, -0.15) is 0 Å². The summed E-state index contributed by atoms with van der Waals surface area (Å²) in [6, 6.07) is 0. The van der Waals surface area contributed by atoms with Gasteiger partial charge in [0.2, 0.25) is 0 Å². The Kier molecular flexibility index (Phi) is 3.78. The lowest BCUT2D eigenvalue weighted by molar-refractivity contribution is -0.0688. The molecular weight excluding hydrogens is 275 g/mol. The summed E-state index contributed by atoms with van der Waals surface area (Å²) >= 11 is 0. The first-order valence-electron chi connectivity index (χ1n) is 5.91. The van der Waals surface area contributed by atoms with Crippen LogP contribution in [0.1, 0.15) is 11.8 Å². The van der Waals surface area contributed by atoms with Crippen molar-refractivity contribution < 1.29 is 24.4 Å². The van der Waals surface area contributed by atoms with Gasteiger partial charge in [0.25, 0.3) is 5.56 Å². The lowest BCUT2D eigenvalue weighted by Gasteiger charge is -2.24. The molecule has 0 aliphatic carbocycles. The molecule has 1 aromatic heterocycles. The van der Waals surface area contributed by atoms with Gasteiger partial charge >= 0.3 is 5.69 Å². The standard InChI is InChI=1S/C11H15FN2O6/c1-5-2-14(10(19)13-8(5)18)9-7(17)11(12,4-16)6(3-15)20-9/h2,6-7,9,15-17H,3-4H2,1H3,(H,13,18,19)/t6-,7+,9-,11+/m1/s1. The van der Waals surface area contributed by atoms with Crippen LogP contribution < -0.4 is 11.2 Å². The van der Waals surface area contributed by atoms with Crippen molar-refractivity contribution in [2.24, 2.45) is 0 Å². The zero-order valence-electron chi connectivity index (χ0n) is 10.6. The van der Waals surface area contributed by atoms with Gasteiger partial charge < -0.3 is 20.1 Å². The Morgan fingerprint density at radius 3 is 2.65 bits per heavy atom. The zero-order chi connectivity index (χ0) is 15.1. The second-order valence-electron chi connectivity index (χ2n) is 4.71. The molecule has 8 nitrogen and oxygen atoms in total. The number of H-pyrrole nitrogens is 1. The first-order chi connectivity index (χ1) is 9.35. The number of ether oxygens (including phenoxy) is 1. The van der Waals surface area contributed by atoms with Crippen molar-refractivity contribution in [3.63, 3.8) is 0 Å². The number of nitrogens with one attached hydrogen (secondary N) is 1. The molecule has 0 saturated carbocycles. The number of aliphatic hydroxyl groups is 3. The van der Waals surface area contributed by atoms with Crippen LogP contribution in [0.2, 0.25) is 0 Å². The molecular formula is C11H15FN2O6. The molecule has 1 aliphatic rings. The second kappa shape index (κ2) is 5.09. The topological polar surface area (TPSA) is 125 Å². The molecule has 1 saturated heterocycles. The highest BCUT2D eigenvalue weighted by Crippen LogP contribution is 2.39. The van der Waals surface area contributed by atoms with Gasteiger partial charge in [0, 0.05) is 11.8 Å². The molecule has 0 unspecified atom stereocenters. The number of aryl methyl sites for hydroxylation is 1. The molecule has 2 rings (SSSR count). The van der Waals surface area contributed by atoms with Crippen LogP contribution in [-0.2, 0) is 4.74 Å². The highest BCUT2D eigenvalue weighted by Gasteiger charge is 2.57. The van der Waals surface area contributed by atoms with Crippen molar-refractivity contribution in [3.8, 4) is 0 Å². The Labute approximate surface area is 112 Å². The van der Waals surface area contributed by atoms with Crippen molar-refractivity contribution in [1.29, 1.82) is 0 Å². The number of hydrogen-bond acceptors (Lipinski definition) is 6. The minimum atomic E-state index is -2.59. The lowest BCUT2D eigenvalue weighted by Crippen LogP contribution is -2.48. The minimum absolute atomic E-state index is 0.168. The van der Waals surface area contributed by atoms with Crippen LogP contribution in [0, 0.1) is 6.92 Å². The average molecular weight is 290 g/mol. The molecule has 20 heavy (non-hydrogen) atoms. The molecule has 112 valence electrons. The normalized spacial score (nSPS) is 33.5. The first kappa shape index (κ1) is 14.9. The van der Waals surface area contributed by atoms with Crippen LogP contribution in [-0.4, -0.2) is 56.0 Å². The van der Waals surface area contributed by atoms with E-state index in [1.54, 1.807) is 0 Å². The number of rotatable bonds is 3. The Morgan fingerprint density at radius 1 is 1.50 bits per heavy atom. The quantitative estimate of drug-likeness (QED) is 0.500. The molecule has 9 heteroatoms. The summed E-state index contributed by atoms with van der Waals surface area (Å²) in [5.41, 5.74) is -3.92. The van der Waals surface area contributed by atoms with E-state index in [-0.39, 0.29) is 5.56 Å². The smallest absolute Gasteiger partial charge is 0.330 e. The monoisotopic (exact) mass is 290 g/mol. The Bertz CT molecular complexity index is 614. The van der Waals surface area contributed by atoms with E-state index in [2.05, 4.69) is 0 Å². The lowest BCUT2D eigenvalue weighted by atomic mass is 9.95. The van der Waals surface area contributed by atoms with E-state index in [9.17, 15) is 19.1 Å². The number of nitrogens with zero attached hydrogens (tertiary/aromatic N) is 1. The zero-order valence-corrected chi connectivity index (χ0v) is 10.6. The fraction of sp³-hybridized carbons (Fsp3) is 0.636. The third-order valence-electron chi connectivity index (χ3n) is 3.43. The van der Waals surface area contributed by atoms with Gasteiger partial charge in [-0.15, -0.1) is 0 Å². The predicted octanol–water partition coefficient (Wildman–Crippen LogP) is -2.20. The maximum absolute atomic E-state index is 14.4. The Hall–Kier alpha value is -1.55. The second-order valence-corrected chi connectivity index (χ2v) is 4.71. The van der Waals surface area contributed by atoms with E-state index in [0.717, 1.165) is 10.8 Å². The first-order valence-corrected chi connectivity index (χ1v) is 5.91. The van der Waals surface area contributed by atoms with Crippen LogP contribution in [0.15, 0.2) is 15.8 Å². The predicted molar refractivity (Wildman–Crippen MR) is 64.0 cm³/mol. The summed E-state index contributed by atoms with van der Waals surface area (Å²) < 4.78 is 20.3. The summed E-state index contributed by atoms with van der Waals surface area (Å²) in [5, 5.41) is 28.0. The van der Waals surface area contributed by atoms with Crippen molar-refractivity contribution in [2.45, 2.75) is 31.0 Å². The van der Waals surface area contributed by atoms with Crippen molar-refractivity contribution >= 4 is 0 Å². The van der Waals surface area contributed by atoms with Crippen LogP contribution in [0.4, 0.5) is 4.39 Å². The Balaban J connectivity index is 2.48. The number of aromatic amines is 1. The van der Waals surface area contributed by atoms with E-state index in [0.29, 0.717) is 0 Å². The van der Waals surface area contributed by atoms with Crippen LogP contribution >= 0.6 is 0 Å². The Morgan fingerprint density at radius 2 is 2.15 bits per heavy atom.